The molecule has 4 heterocycles. The molecule has 2 aliphatic rings. The lowest BCUT2D eigenvalue weighted by Gasteiger charge is -2.37. The van der Waals surface area contributed by atoms with Crippen molar-refractivity contribution >= 4 is 45.2 Å². The number of aromatic nitrogens is 4. The number of nitrogens with zero attached hydrogens (tertiary/aromatic N) is 2. The minimum atomic E-state index is -1.01. The lowest BCUT2D eigenvalue weighted by Crippen LogP contribution is -2.38. The summed E-state index contributed by atoms with van der Waals surface area (Å²) >= 11 is 3.66. The predicted molar refractivity (Wildman–Crippen MR) is 216 cm³/mol. The molecule has 0 spiro atoms. The summed E-state index contributed by atoms with van der Waals surface area (Å²) in [4.78, 5) is 51.4. The van der Waals surface area contributed by atoms with Crippen molar-refractivity contribution in [2.45, 2.75) is 55.3 Å². The van der Waals surface area contributed by atoms with Gasteiger partial charge in [0, 0.05) is 25.2 Å². The van der Waals surface area contributed by atoms with Crippen LogP contribution in [0.4, 0.5) is 0 Å². The van der Waals surface area contributed by atoms with Gasteiger partial charge in [0.1, 0.15) is 36.0 Å². The van der Waals surface area contributed by atoms with Gasteiger partial charge in [-0.3, -0.25) is 28.7 Å². The second-order valence-corrected chi connectivity index (χ2v) is 15.1. The third-order valence-electron chi connectivity index (χ3n) is 9.38. The number of hydrogen-bond acceptors (Lipinski definition) is 11. The van der Waals surface area contributed by atoms with Crippen molar-refractivity contribution in [2.75, 3.05) is 20.3 Å². The summed E-state index contributed by atoms with van der Waals surface area (Å²) in [5.41, 5.74) is -0.407. The highest BCUT2D eigenvalue weighted by molar-refractivity contribution is 14.1. The Morgan fingerprint density at radius 2 is 1.15 bits per heavy atom. The molecule has 6 atom stereocenters. The summed E-state index contributed by atoms with van der Waals surface area (Å²) in [7, 11) is 1.62. The molecule has 0 unspecified atom stereocenters. The number of nitrogens with one attached hydrogen (secondary N) is 2. The van der Waals surface area contributed by atoms with Crippen molar-refractivity contribution in [1.29, 1.82) is 0 Å². The second-order valence-electron chi connectivity index (χ2n) is 12.8. The fourth-order valence-electron chi connectivity index (χ4n) is 6.56. The molecule has 2 aromatic heterocycles. The summed E-state index contributed by atoms with van der Waals surface area (Å²) < 4.78 is 26.8. The van der Waals surface area contributed by atoms with Crippen molar-refractivity contribution in [1.82, 2.24) is 19.1 Å². The molecule has 2 fully saturated rings. The van der Waals surface area contributed by atoms with Crippen LogP contribution < -0.4 is 27.2 Å². The highest BCUT2D eigenvalue weighted by Crippen LogP contribution is 2.42. The molecule has 3 aromatic carbocycles. The molecule has 2 aliphatic heterocycles. The molecule has 5 N–H and O–H groups in total. The van der Waals surface area contributed by atoms with Gasteiger partial charge < -0.3 is 34.3 Å². The van der Waals surface area contributed by atoms with Crippen LogP contribution in [0.5, 0.6) is 5.75 Å². The topological polar surface area (TPSA) is 207 Å². The van der Waals surface area contributed by atoms with E-state index >= 15 is 0 Å². The quantitative estimate of drug-likeness (QED) is 0.102. The highest BCUT2D eigenvalue weighted by atomic mass is 127. The van der Waals surface area contributed by atoms with Gasteiger partial charge >= 0.3 is 11.4 Å². The van der Waals surface area contributed by atoms with Crippen LogP contribution in [0.2, 0.25) is 0 Å². The Hall–Kier alpha value is -3.96. The first-order chi connectivity index (χ1) is 26.4. The molecule has 0 bridgehead atoms. The zero-order valence-corrected chi connectivity index (χ0v) is 33.6. The number of aromatic amines is 2. The van der Waals surface area contributed by atoms with Gasteiger partial charge in [0.05, 0.1) is 39.7 Å². The first-order valence-electron chi connectivity index (χ1n) is 17.1. The van der Waals surface area contributed by atoms with Crippen LogP contribution in [0.15, 0.2) is 117 Å². The second kappa shape index (κ2) is 17.9. The molecule has 0 radical (unpaired) electrons. The number of halogens is 2. The van der Waals surface area contributed by atoms with E-state index < -0.39 is 65.0 Å². The van der Waals surface area contributed by atoms with Gasteiger partial charge in [-0.25, -0.2) is 9.59 Å². The molecule has 17 heteroatoms. The van der Waals surface area contributed by atoms with Crippen molar-refractivity contribution in [3.8, 4) is 5.75 Å². The first kappa shape index (κ1) is 40.7. The van der Waals surface area contributed by atoms with Crippen molar-refractivity contribution in [3.05, 3.63) is 163 Å². The summed E-state index contributed by atoms with van der Waals surface area (Å²) in [6.45, 7) is -0.268. The lowest BCUT2D eigenvalue weighted by molar-refractivity contribution is -0.0944. The molecule has 2 saturated heterocycles. The standard InChI is InChI=1S/C29H27IN2O6.C9H11IN2O5/c1-36-22-14-12-21(13-15-22)29(19-8-4-2-5-9-19,20-10-6-3-7-11-20)37-18-25-24(33)16-26(38-25)32-17-23(30)27(34)31-28(32)35;10-4-2-12(9(16)11-8(4)15)7-1-5(14)6(3-13)17-7/h2-15,17,24-26,33H,16,18H2,1H3,(H,31,34,35);2,5-7,13-14H,1,3H2,(H,11,15,16)/t24-,25+,26+;5-,6+,7+/m00/s1. The number of aliphatic hydroxyl groups is 3. The average Bonchev–Trinajstić information content (AvgIpc) is 3.76. The van der Waals surface area contributed by atoms with Crippen LogP contribution in [0.25, 0.3) is 0 Å². The molecule has 290 valence electrons. The van der Waals surface area contributed by atoms with Gasteiger partial charge in [0.25, 0.3) is 11.1 Å². The Morgan fingerprint density at radius 1 is 0.709 bits per heavy atom. The third kappa shape index (κ3) is 8.88. The average molecular weight is 981 g/mol. The summed E-state index contributed by atoms with van der Waals surface area (Å²) in [5.74, 6) is 0.724. The Kier molecular flexibility index (Phi) is 13.2. The van der Waals surface area contributed by atoms with Crippen LogP contribution in [-0.4, -0.2) is 79.2 Å². The lowest BCUT2D eigenvalue weighted by atomic mass is 9.80. The smallest absolute Gasteiger partial charge is 0.330 e. The zero-order valence-electron chi connectivity index (χ0n) is 29.3. The minimum Gasteiger partial charge on any atom is -0.497 e. The SMILES string of the molecule is COc1ccc(C(OC[C@H]2O[C@@H](n3cc(I)c(=O)[nH]c3=O)C[C@@H]2O)(c2ccccc2)c2ccccc2)cc1.O=c1[nH]c(=O)n([C@H]2C[C@H](O)[C@@H](CO)O2)cc1I. The number of H-pyrrole nitrogens is 2. The van der Waals surface area contributed by atoms with Crippen LogP contribution >= 0.6 is 45.2 Å². The minimum absolute atomic E-state index is 0.0443. The van der Waals surface area contributed by atoms with Crippen molar-refractivity contribution in [2.24, 2.45) is 0 Å². The maximum atomic E-state index is 12.4. The van der Waals surface area contributed by atoms with Gasteiger partial charge in [-0.15, -0.1) is 0 Å². The summed E-state index contributed by atoms with van der Waals surface area (Å²) in [6.07, 6.45) is -1.30. The van der Waals surface area contributed by atoms with E-state index in [0.717, 1.165) is 22.4 Å². The number of rotatable bonds is 10. The predicted octanol–water partition coefficient (Wildman–Crippen LogP) is 2.59. The zero-order chi connectivity index (χ0) is 39.3. The molecule has 15 nitrogen and oxygen atoms in total. The van der Waals surface area contributed by atoms with E-state index in [1.54, 1.807) is 29.7 Å². The monoisotopic (exact) mass is 980 g/mol. The highest BCUT2D eigenvalue weighted by Gasteiger charge is 2.42. The van der Waals surface area contributed by atoms with Crippen molar-refractivity contribution in [3.63, 3.8) is 0 Å². The Balaban J connectivity index is 0.000000252. The molecular formula is C38H38I2N4O11. The number of aliphatic hydroxyl groups excluding tert-OH is 3. The van der Waals surface area contributed by atoms with Gasteiger partial charge in [-0.05, 0) is 74.0 Å². The van der Waals surface area contributed by atoms with E-state index in [1.165, 1.54) is 21.5 Å². The van der Waals surface area contributed by atoms with Crippen LogP contribution in [0.1, 0.15) is 42.0 Å². The molecule has 55 heavy (non-hydrogen) atoms. The number of ether oxygens (including phenoxy) is 4. The van der Waals surface area contributed by atoms with E-state index in [1.807, 2.05) is 108 Å². The van der Waals surface area contributed by atoms with E-state index in [0.29, 0.717) is 7.14 Å². The fraction of sp³-hybridized carbons (Fsp3) is 0.316. The number of benzene rings is 3. The van der Waals surface area contributed by atoms with Crippen LogP contribution in [0, 0.1) is 7.14 Å². The Labute approximate surface area is 340 Å². The maximum Gasteiger partial charge on any atom is 0.330 e. The van der Waals surface area contributed by atoms with Crippen LogP contribution in [0.3, 0.4) is 0 Å². The van der Waals surface area contributed by atoms with Gasteiger partial charge in [-0.2, -0.15) is 0 Å². The molecule has 0 saturated carbocycles. The molecule has 0 amide bonds. The Bertz CT molecular complexity index is 2260. The normalized spacial score (nSPS) is 22.2. The first-order valence-corrected chi connectivity index (χ1v) is 19.3. The van der Waals surface area contributed by atoms with Gasteiger partial charge in [-0.1, -0.05) is 72.8 Å². The largest absolute Gasteiger partial charge is 0.497 e. The summed E-state index contributed by atoms with van der Waals surface area (Å²) in [5, 5.41) is 29.4. The molecule has 5 aromatic rings. The molecular weight excluding hydrogens is 942 g/mol. The van der Waals surface area contributed by atoms with Gasteiger partial charge in [0.2, 0.25) is 0 Å². The van der Waals surface area contributed by atoms with E-state index in [9.17, 15) is 29.4 Å². The number of methoxy groups -OCH3 is 1. The fourth-order valence-corrected chi connectivity index (χ4v) is 7.43. The van der Waals surface area contributed by atoms with Crippen molar-refractivity contribution < 1.29 is 34.3 Å². The van der Waals surface area contributed by atoms with E-state index in [-0.39, 0.29) is 26.1 Å². The molecule has 7 rings (SSSR count). The van der Waals surface area contributed by atoms with Gasteiger partial charge in [0.15, 0.2) is 0 Å². The molecule has 0 aliphatic carbocycles. The van der Waals surface area contributed by atoms with E-state index in [4.69, 9.17) is 24.1 Å². The maximum absolute atomic E-state index is 12.4. The number of hydrogen-bond donors (Lipinski definition) is 5. The third-order valence-corrected chi connectivity index (χ3v) is 10.9. The van der Waals surface area contributed by atoms with E-state index in [2.05, 4.69) is 9.97 Å². The Morgan fingerprint density at radius 3 is 1.58 bits per heavy atom. The van der Waals surface area contributed by atoms with Crippen LogP contribution in [-0.2, 0) is 19.8 Å². The summed E-state index contributed by atoms with van der Waals surface area (Å²) in [6, 6.07) is 27.5.